The number of hydrogen-bond donors (Lipinski definition) is 2. The number of fused-ring (bicyclic) bond motifs is 3. The molecule has 1 aromatic carbocycles. The van der Waals surface area contributed by atoms with Crippen LogP contribution in [0.5, 0.6) is 5.75 Å². The molecule has 0 saturated heterocycles. The number of hydrogen-bond acceptors (Lipinski definition) is 3. The second kappa shape index (κ2) is 4.58. The number of aldehydes is 1. The molecular weight excluding hydrogens is 340 g/mol. The number of halogens is 1. The summed E-state index contributed by atoms with van der Waals surface area (Å²) in [5.74, 6) is 0.700. The number of amides is 1. The largest absolute Gasteiger partial charge is 0.506 e. The van der Waals surface area contributed by atoms with Crippen LogP contribution < -0.4 is 4.90 Å². The molecule has 0 spiro atoms. The third kappa shape index (κ3) is 1.70. The molecule has 2 heterocycles. The molecule has 3 fully saturated rings. The van der Waals surface area contributed by atoms with E-state index in [0.717, 1.165) is 28.5 Å². The molecule has 2 aromatic rings. The van der Waals surface area contributed by atoms with Gasteiger partial charge in [-0.15, -0.1) is 11.6 Å². The number of nitrogens with zero attached hydrogens (tertiary/aromatic N) is 1. The number of anilines is 1. The standard InChI is InChI=1S/C19H19ClN2O3/c1-10-4-21-16-13(24)2-12-15(14(10)16)11(3-20)5-22(12)17(25)19-6-18(7-19,8-19)9-23/h2,4,9,11,21,24H,3,5-8H2,1H3. The molecular formula is C19H19ClN2O3. The van der Waals surface area contributed by atoms with Gasteiger partial charge in [0.25, 0.3) is 0 Å². The number of carbonyl (C=O) groups excluding carboxylic acids is 2. The first-order valence-corrected chi connectivity index (χ1v) is 9.15. The lowest BCUT2D eigenvalue weighted by molar-refractivity contribution is -0.197. The number of H-pyrrole nitrogens is 1. The summed E-state index contributed by atoms with van der Waals surface area (Å²) in [6.45, 7) is 2.53. The quantitative estimate of drug-likeness (QED) is 0.653. The van der Waals surface area contributed by atoms with Gasteiger partial charge in [0, 0.05) is 41.4 Å². The third-order valence-corrected chi connectivity index (χ3v) is 6.83. The van der Waals surface area contributed by atoms with Crippen molar-refractivity contribution in [2.75, 3.05) is 17.3 Å². The van der Waals surface area contributed by atoms with Crippen LogP contribution in [0.4, 0.5) is 5.69 Å². The Morgan fingerprint density at radius 2 is 2.20 bits per heavy atom. The van der Waals surface area contributed by atoms with E-state index in [1.165, 1.54) is 0 Å². The summed E-state index contributed by atoms with van der Waals surface area (Å²) in [6, 6.07) is 1.68. The molecule has 1 aliphatic heterocycles. The van der Waals surface area contributed by atoms with Crippen molar-refractivity contribution in [3.05, 3.63) is 23.4 Å². The van der Waals surface area contributed by atoms with E-state index in [2.05, 4.69) is 4.98 Å². The van der Waals surface area contributed by atoms with Crippen LogP contribution in [0, 0.1) is 17.8 Å². The van der Waals surface area contributed by atoms with Gasteiger partial charge in [-0.25, -0.2) is 0 Å². The first-order valence-electron chi connectivity index (χ1n) is 8.61. The maximum Gasteiger partial charge on any atom is 0.233 e. The van der Waals surface area contributed by atoms with E-state index in [4.69, 9.17) is 11.6 Å². The fourth-order valence-corrected chi connectivity index (χ4v) is 5.60. The summed E-state index contributed by atoms with van der Waals surface area (Å²) >= 11 is 6.22. The number of aromatic amines is 1. The first kappa shape index (κ1) is 15.3. The molecule has 2 bridgehead atoms. The first-order chi connectivity index (χ1) is 11.9. The Labute approximate surface area is 149 Å². The molecule has 3 saturated carbocycles. The van der Waals surface area contributed by atoms with Gasteiger partial charge >= 0.3 is 0 Å². The van der Waals surface area contributed by atoms with Crippen molar-refractivity contribution >= 4 is 40.4 Å². The molecule has 5 nitrogen and oxygen atoms in total. The Balaban J connectivity index is 1.61. The summed E-state index contributed by atoms with van der Waals surface area (Å²) in [6.07, 6.45) is 4.88. The average Bonchev–Trinajstić information content (AvgIpc) is 3.06. The van der Waals surface area contributed by atoms with Crippen LogP contribution >= 0.6 is 11.6 Å². The highest BCUT2D eigenvalue weighted by molar-refractivity contribution is 6.19. The smallest absolute Gasteiger partial charge is 0.233 e. The Kier molecular flexibility index (Phi) is 2.80. The predicted molar refractivity (Wildman–Crippen MR) is 95.3 cm³/mol. The minimum atomic E-state index is -0.378. The van der Waals surface area contributed by atoms with Gasteiger partial charge in [-0.3, -0.25) is 4.79 Å². The number of aryl methyl sites for hydroxylation is 1. The lowest BCUT2D eigenvalue weighted by Gasteiger charge is -2.67. The summed E-state index contributed by atoms with van der Waals surface area (Å²) in [7, 11) is 0. The van der Waals surface area contributed by atoms with E-state index >= 15 is 0 Å². The maximum absolute atomic E-state index is 13.2. The molecule has 1 atom stereocenters. The van der Waals surface area contributed by atoms with E-state index < -0.39 is 0 Å². The highest BCUT2D eigenvalue weighted by atomic mass is 35.5. The molecule has 6 rings (SSSR count). The molecule has 1 unspecified atom stereocenters. The number of aromatic hydroxyl groups is 1. The monoisotopic (exact) mass is 358 g/mol. The number of phenolic OH excluding ortho intramolecular Hbond substituents is 1. The minimum Gasteiger partial charge on any atom is -0.506 e. The van der Waals surface area contributed by atoms with E-state index in [1.54, 1.807) is 11.0 Å². The number of nitrogens with one attached hydrogen (secondary N) is 1. The molecule has 1 amide bonds. The van der Waals surface area contributed by atoms with Crippen LogP contribution in [0.15, 0.2) is 12.3 Å². The molecule has 130 valence electrons. The van der Waals surface area contributed by atoms with Gasteiger partial charge < -0.3 is 19.8 Å². The van der Waals surface area contributed by atoms with Crippen LogP contribution in [0.1, 0.15) is 36.3 Å². The van der Waals surface area contributed by atoms with E-state index in [-0.39, 0.29) is 28.4 Å². The van der Waals surface area contributed by atoms with E-state index in [0.29, 0.717) is 37.2 Å². The highest BCUT2D eigenvalue weighted by Gasteiger charge is 2.72. The number of phenols is 1. The molecule has 0 radical (unpaired) electrons. The average molecular weight is 359 g/mol. The zero-order valence-electron chi connectivity index (χ0n) is 13.9. The van der Waals surface area contributed by atoms with Crippen molar-refractivity contribution < 1.29 is 14.7 Å². The zero-order chi connectivity index (χ0) is 17.6. The van der Waals surface area contributed by atoms with Crippen LogP contribution in [0.25, 0.3) is 10.9 Å². The van der Waals surface area contributed by atoms with Crippen molar-refractivity contribution in [2.24, 2.45) is 10.8 Å². The van der Waals surface area contributed by atoms with E-state index in [1.807, 2.05) is 13.1 Å². The Morgan fingerprint density at radius 1 is 1.48 bits per heavy atom. The van der Waals surface area contributed by atoms with Crippen LogP contribution in [-0.2, 0) is 9.59 Å². The zero-order valence-corrected chi connectivity index (χ0v) is 14.7. The number of alkyl halides is 1. The SMILES string of the molecule is Cc1c[nH]c2c(O)cc3c(c12)C(CCl)CN3C(=O)C12CC(C=O)(C1)C2. The molecule has 3 aliphatic carbocycles. The van der Waals surface area contributed by atoms with Gasteiger partial charge in [-0.2, -0.15) is 0 Å². The fourth-order valence-electron chi connectivity index (χ4n) is 5.35. The van der Waals surface area contributed by atoms with Gasteiger partial charge in [0.1, 0.15) is 12.0 Å². The van der Waals surface area contributed by atoms with Gasteiger partial charge in [-0.05, 0) is 37.3 Å². The second-order valence-electron chi connectivity index (χ2n) is 8.11. The summed E-state index contributed by atoms with van der Waals surface area (Å²) in [4.78, 5) is 29.3. The maximum atomic E-state index is 13.2. The van der Waals surface area contributed by atoms with Gasteiger partial charge in [0.2, 0.25) is 5.91 Å². The summed E-state index contributed by atoms with van der Waals surface area (Å²) in [5, 5.41) is 11.4. The van der Waals surface area contributed by atoms with E-state index in [9.17, 15) is 14.7 Å². The fraction of sp³-hybridized carbons (Fsp3) is 0.474. The lowest BCUT2D eigenvalue weighted by Crippen LogP contribution is -2.68. The van der Waals surface area contributed by atoms with Crippen molar-refractivity contribution in [3.8, 4) is 5.75 Å². The minimum absolute atomic E-state index is 0.0468. The molecule has 2 N–H and O–H groups in total. The lowest BCUT2D eigenvalue weighted by atomic mass is 9.35. The highest BCUT2D eigenvalue weighted by Crippen LogP contribution is 2.73. The van der Waals surface area contributed by atoms with Crippen molar-refractivity contribution in [3.63, 3.8) is 0 Å². The number of benzene rings is 1. The summed E-state index contributed by atoms with van der Waals surface area (Å²) in [5.41, 5.74) is 2.94. The Hall–Kier alpha value is -2.01. The number of aromatic nitrogens is 1. The topological polar surface area (TPSA) is 73.4 Å². The number of rotatable bonds is 3. The van der Waals surface area contributed by atoms with Gasteiger partial charge in [-0.1, -0.05) is 0 Å². The van der Waals surface area contributed by atoms with Gasteiger partial charge in [0.05, 0.1) is 16.6 Å². The molecule has 6 heteroatoms. The normalized spacial score (nSPS) is 32.2. The Morgan fingerprint density at radius 3 is 2.84 bits per heavy atom. The number of carbonyl (C=O) groups is 2. The van der Waals surface area contributed by atoms with Crippen molar-refractivity contribution in [1.82, 2.24) is 4.98 Å². The van der Waals surface area contributed by atoms with Gasteiger partial charge in [0.15, 0.2) is 0 Å². The molecule has 4 aliphatic rings. The molecule has 1 aromatic heterocycles. The van der Waals surface area contributed by atoms with Crippen molar-refractivity contribution in [1.29, 1.82) is 0 Å². The van der Waals surface area contributed by atoms with Crippen LogP contribution in [0.3, 0.4) is 0 Å². The van der Waals surface area contributed by atoms with Crippen LogP contribution in [-0.4, -0.2) is 34.7 Å². The third-order valence-electron chi connectivity index (χ3n) is 6.46. The second-order valence-corrected chi connectivity index (χ2v) is 8.42. The molecule has 25 heavy (non-hydrogen) atoms. The predicted octanol–water partition coefficient (Wildman–Crippen LogP) is 3.22. The van der Waals surface area contributed by atoms with Crippen LogP contribution in [0.2, 0.25) is 0 Å². The summed E-state index contributed by atoms with van der Waals surface area (Å²) < 4.78 is 0. The Bertz CT molecular complexity index is 928. The van der Waals surface area contributed by atoms with Crippen molar-refractivity contribution in [2.45, 2.75) is 32.1 Å².